The highest BCUT2D eigenvalue weighted by molar-refractivity contribution is 5.41. The van der Waals surface area contributed by atoms with Gasteiger partial charge in [0, 0.05) is 11.5 Å². The Morgan fingerprint density at radius 3 is 2.33 bits per heavy atom. The van der Waals surface area contributed by atoms with E-state index in [0.717, 1.165) is 37.9 Å². The summed E-state index contributed by atoms with van der Waals surface area (Å²) in [5.74, 6) is -0.175. The minimum atomic E-state index is -0.363. The van der Waals surface area contributed by atoms with Gasteiger partial charge in [-0.1, -0.05) is 12.1 Å². The number of nitrogens with zero attached hydrogens (tertiary/aromatic N) is 1. The Kier molecular flexibility index (Phi) is 5.14. The molecule has 4 heteroatoms. The van der Waals surface area contributed by atoms with E-state index < -0.39 is 0 Å². The lowest BCUT2D eigenvalue weighted by Gasteiger charge is -2.32. The SMILES string of the molecule is CN1CCC(CC(c2ccc(F)cc2)c2cc(F)ccc2O)CC1. The van der Waals surface area contributed by atoms with Crippen molar-refractivity contribution in [2.24, 2.45) is 5.92 Å². The van der Waals surface area contributed by atoms with Crippen molar-refractivity contribution in [3.05, 3.63) is 65.2 Å². The van der Waals surface area contributed by atoms with Crippen LogP contribution in [-0.4, -0.2) is 30.1 Å². The number of hydrogen-bond acceptors (Lipinski definition) is 2. The highest BCUT2D eigenvalue weighted by Crippen LogP contribution is 2.38. The van der Waals surface area contributed by atoms with Crippen LogP contribution in [0.15, 0.2) is 42.5 Å². The molecule has 1 fully saturated rings. The summed E-state index contributed by atoms with van der Waals surface area (Å²) >= 11 is 0. The Morgan fingerprint density at radius 1 is 1.04 bits per heavy atom. The molecule has 128 valence electrons. The lowest BCUT2D eigenvalue weighted by molar-refractivity contribution is 0.208. The second kappa shape index (κ2) is 7.31. The number of phenolic OH excluding ortho intramolecular Hbond substituents is 1. The van der Waals surface area contributed by atoms with Gasteiger partial charge < -0.3 is 10.0 Å². The molecular weight excluding hydrogens is 308 g/mol. The fraction of sp³-hybridized carbons (Fsp3) is 0.400. The van der Waals surface area contributed by atoms with Gasteiger partial charge in [0.05, 0.1) is 0 Å². The van der Waals surface area contributed by atoms with Gasteiger partial charge in [-0.25, -0.2) is 8.78 Å². The molecule has 1 heterocycles. The van der Waals surface area contributed by atoms with Crippen LogP contribution >= 0.6 is 0 Å². The molecule has 2 aromatic rings. The van der Waals surface area contributed by atoms with E-state index >= 15 is 0 Å². The molecule has 2 nitrogen and oxygen atoms in total. The predicted molar refractivity (Wildman–Crippen MR) is 91.1 cm³/mol. The summed E-state index contributed by atoms with van der Waals surface area (Å²) < 4.78 is 27.0. The Hall–Kier alpha value is -1.94. The van der Waals surface area contributed by atoms with Crippen molar-refractivity contribution >= 4 is 0 Å². The van der Waals surface area contributed by atoms with Gasteiger partial charge >= 0.3 is 0 Å². The molecule has 0 bridgehead atoms. The van der Waals surface area contributed by atoms with Crippen molar-refractivity contribution in [1.82, 2.24) is 4.90 Å². The lowest BCUT2D eigenvalue weighted by atomic mass is 9.80. The number of hydrogen-bond donors (Lipinski definition) is 1. The van der Waals surface area contributed by atoms with Crippen molar-refractivity contribution in [1.29, 1.82) is 0 Å². The van der Waals surface area contributed by atoms with Crippen LogP contribution in [0, 0.1) is 17.6 Å². The van der Waals surface area contributed by atoms with Crippen LogP contribution in [0.5, 0.6) is 5.75 Å². The van der Waals surface area contributed by atoms with Gasteiger partial charge in [-0.2, -0.15) is 0 Å². The Labute approximate surface area is 141 Å². The van der Waals surface area contributed by atoms with E-state index in [9.17, 15) is 13.9 Å². The maximum absolute atomic E-state index is 13.7. The highest BCUT2D eigenvalue weighted by atomic mass is 19.1. The van der Waals surface area contributed by atoms with Crippen LogP contribution in [0.1, 0.15) is 36.3 Å². The third-order valence-corrected chi connectivity index (χ3v) is 5.04. The molecular formula is C20H23F2NO. The molecule has 0 radical (unpaired) electrons. The van der Waals surface area contributed by atoms with Gasteiger partial charge in [-0.3, -0.25) is 0 Å². The molecule has 1 unspecified atom stereocenters. The van der Waals surface area contributed by atoms with Gasteiger partial charge in [-0.15, -0.1) is 0 Å². The molecule has 0 amide bonds. The van der Waals surface area contributed by atoms with Gasteiger partial charge in [-0.05, 0) is 81.2 Å². The molecule has 2 aromatic carbocycles. The fourth-order valence-electron chi connectivity index (χ4n) is 3.57. The average Bonchev–Trinajstić information content (AvgIpc) is 2.58. The molecule has 24 heavy (non-hydrogen) atoms. The number of likely N-dealkylation sites (tertiary alicyclic amines) is 1. The third kappa shape index (κ3) is 3.93. The van der Waals surface area contributed by atoms with E-state index in [4.69, 9.17) is 0 Å². The number of halogens is 2. The molecule has 1 saturated heterocycles. The summed E-state index contributed by atoms with van der Waals surface area (Å²) in [6, 6.07) is 10.4. The van der Waals surface area contributed by atoms with Crippen LogP contribution in [0.25, 0.3) is 0 Å². The summed E-state index contributed by atoms with van der Waals surface area (Å²) in [7, 11) is 2.12. The van der Waals surface area contributed by atoms with Crippen LogP contribution in [0.2, 0.25) is 0 Å². The minimum Gasteiger partial charge on any atom is -0.508 e. The van der Waals surface area contributed by atoms with Crippen LogP contribution in [-0.2, 0) is 0 Å². The standard InChI is InChI=1S/C20H23F2NO/c1-23-10-8-14(9-11-23)12-18(15-2-4-16(21)5-3-15)19-13-17(22)6-7-20(19)24/h2-7,13-14,18,24H,8-12H2,1H3. The first-order valence-corrected chi connectivity index (χ1v) is 8.45. The van der Waals surface area contributed by atoms with Crippen LogP contribution < -0.4 is 0 Å². The quantitative estimate of drug-likeness (QED) is 0.889. The van der Waals surface area contributed by atoms with Gasteiger partial charge in [0.25, 0.3) is 0 Å². The Bertz CT molecular complexity index is 679. The Balaban J connectivity index is 1.91. The molecule has 0 aromatic heterocycles. The zero-order valence-corrected chi connectivity index (χ0v) is 13.9. The normalized spacial score (nSPS) is 17.8. The zero-order valence-electron chi connectivity index (χ0n) is 13.9. The molecule has 1 atom stereocenters. The zero-order chi connectivity index (χ0) is 17.1. The van der Waals surface area contributed by atoms with Crippen molar-refractivity contribution < 1.29 is 13.9 Å². The molecule has 0 spiro atoms. The highest BCUT2D eigenvalue weighted by Gasteiger charge is 2.25. The summed E-state index contributed by atoms with van der Waals surface area (Å²) in [5.41, 5.74) is 1.50. The number of piperidine rings is 1. The second-order valence-corrected chi connectivity index (χ2v) is 6.79. The maximum atomic E-state index is 13.7. The molecule has 3 rings (SSSR count). The number of aromatic hydroxyl groups is 1. The van der Waals surface area contributed by atoms with Gasteiger partial charge in [0.15, 0.2) is 0 Å². The first kappa shape index (κ1) is 16.9. The Morgan fingerprint density at radius 2 is 1.67 bits per heavy atom. The minimum absolute atomic E-state index is 0.0960. The molecule has 1 N–H and O–H groups in total. The summed E-state index contributed by atoms with van der Waals surface area (Å²) in [6.07, 6.45) is 3.00. The van der Waals surface area contributed by atoms with Gasteiger partial charge in [0.1, 0.15) is 17.4 Å². The average molecular weight is 331 g/mol. The molecule has 1 aliphatic rings. The van der Waals surface area contributed by atoms with Crippen molar-refractivity contribution in [3.63, 3.8) is 0 Å². The van der Waals surface area contributed by atoms with Crippen molar-refractivity contribution in [2.75, 3.05) is 20.1 Å². The van der Waals surface area contributed by atoms with E-state index in [-0.39, 0.29) is 23.3 Å². The van der Waals surface area contributed by atoms with E-state index in [1.807, 2.05) is 0 Å². The summed E-state index contributed by atoms with van der Waals surface area (Å²) in [6.45, 7) is 2.10. The smallest absolute Gasteiger partial charge is 0.123 e. The summed E-state index contributed by atoms with van der Waals surface area (Å²) in [4.78, 5) is 2.31. The van der Waals surface area contributed by atoms with E-state index in [1.54, 1.807) is 12.1 Å². The van der Waals surface area contributed by atoms with Gasteiger partial charge in [0.2, 0.25) is 0 Å². The fourth-order valence-corrected chi connectivity index (χ4v) is 3.57. The second-order valence-electron chi connectivity index (χ2n) is 6.79. The van der Waals surface area contributed by atoms with E-state index in [1.165, 1.54) is 30.3 Å². The first-order valence-electron chi connectivity index (χ1n) is 8.45. The lowest BCUT2D eigenvalue weighted by Crippen LogP contribution is -2.30. The predicted octanol–water partition coefficient (Wildman–Crippen LogP) is 4.53. The monoisotopic (exact) mass is 331 g/mol. The molecule has 0 saturated carbocycles. The topological polar surface area (TPSA) is 23.5 Å². The van der Waals surface area contributed by atoms with Crippen LogP contribution in [0.3, 0.4) is 0 Å². The molecule has 1 aliphatic heterocycles. The van der Waals surface area contributed by atoms with E-state index in [2.05, 4.69) is 11.9 Å². The van der Waals surface area contributed by atoms with Crippen LogP contribution in [0.4, 0.5) is 8.78 Å². The number of benzene rings is 2. The number of phenols is 1. The molecule has 0 aliphatic carbocycles. The van der Waals surface area contributed by atoms with E-state index in [0.29, 0.717) is 11.5 Å². The third-order valence-electron chi connectivity index (χ3n) is 5.04. The number of rotatable bonds is 4. The maximum Gasteiger partial charge on any atom is 0.123 e. The van der Waals surface area contributed by atoms with Crippen molar-refractivity contribution in [2.45, 2.75) is 25.2 Å². The summed E-state index contributed by atoms with van der Waals surface area (Å²) in [5, 5.41) is 10.2. The first-order chi connectivity index (χ1) is 11.5. The van der Waals surface area contributed by atoms with Crippen molar-refractivity contribution in [3.8, 4) is 5.75 Å². The largest absolute Gasteiger partial charge is 0.508 e.